The van der Waals surface area contributed by atoms with Crippen molar-refractivity contribution in [1.29, 1.82) is 0 Å². The zero-order valence-electron chi connectivity index (χ0n) is 20.6. The van der Waals surface area contributed by atoms with Crippen LogP contribution in [0.3, 0.4) is 0 Å². The Kier molecular flexibility index (Phi) is 7.13. The van der Waals surface area contributed by atoms with Crippen LogP contribution >= 0.6 is 0 Å². The average molecular weight is 512 g/mol. The van der Waals surface area contributed by atoms with E-state index < -0.39 is 27.7 Å². The van der Waals surface area contributed by atoms with Crippen LogP contribution in [0.4, 0.5) is 11.4 Å². The summed E-state index contributed by atoms with van der Waals surface area (Å²) in [4.78, 5) is 29.0. The van der Waals surface area contributed by atoms with Crippen molar-refractivity contribution < 1.29 is 37.0 Å². The van der Waals surface area contributed by atoms with Gasteiger partial charge in [-0.15, -0.1) is 0 Å². The molecule has 0 aliphatic carbocycles. The zero-order valence-corrected chi connectivity index (χ0v) is 21.4. The Labute approximate surface area is 205 Å². The predicted molar refractivity (Wildman–Crippen MR) is 128 cm³/mol. The molecule has 1 spiro atoms. The van der Waals surface area contributed by atoms with E-state index in [9.17, 15) is 18.0 Å². The summed E-state index contributed by atoms with van der Waals surface area (Å²) in [5, 5.41) is 0. The van der Waals surface area contributed by atoms with E-state index in [-0.39, 0.29) is 31.7 Å². The van der Waals surface area contributed by atoms with Gasteiger partial charge in [0.25, 0.3) is 11.7 Å². The molecule has 3 aliphatic heterocycles. The number of amides is 1. The van der Waals surface area contributed by atoms with Crippen molar-refractivity contribution in [2.45, 2.75) is 19.6 Å². The van der Waals surface area contributed by atoms with Crippen molar-refractivity contribution in [1.82, 2.24) is 4.90 Å². The van der Waals surface area contributed by atoms with E-state index in [1.165, 1.54) is 16.3 Å². The Hall–Kier alpha value is -2.25. The van der Waals surface area contributed by atoms with Crippen LogP contribution in [0.15, 0.2) is 18.2 Å². The molecule has 3 aliphatic rings. The highest BCUT2D eigenvalue weighted by Gasteiger charge is 2.57. The zero-order chi connectivity index (χ0) is 25.4. The maximum atomic E-state index is 13.5. The fourth-order valence-corrected chi connectivity index (χ4v) is 5.34. The molecule has 194 valence electrons. The first-order valence-corrected chi connectivity index (χ1v) is 13.4. The second-order valence-corrected chi connectivity index (χ2v) is 11.7. The molecule has 4 rings (SSSR count). The van der Waals surface area contributed by atoms with E-state index in [4.69, 9.17) is 18.9 Å². The normalized spacial score (nSPS) is 21.7. The molecule has 0 unspecified atom stereocenters. The first kappa shape index (κ1) is 25.8. The summed E-state index contributed by atoms with van der Waals surface area (Å²) in [6.07, 6.45) is 1.15. The highest BCUT2D eigenvalue weighted by Crippen LogP contribution is 2.48. The Bertz CT molecular complexity index is 1070. The SMILES string of the molecule is COC(=O)CN1C(=O)C2(OCC(C)(C)CO2)c2cc(N(CCN3CCOCC3)S(C)(=O)=O)ccc21. The lowest BCUT2D eigenvalue weighted by Crippen LogP contribution is -2.52. The summed E-state index contributed by atoms with van der Waals surface area (Å²) in [6.45, 7) is 7.58. The Morgan fingerprint density at radius 1 is 1.17 bits per heavy atom. The number of nitrogens with zero attached hydrogens (tertiary/aromatic N) is 3. The molecule has 1 amide bonds. The van der Waals surface area contributed by atoms with Gasteiger partial charge in [0.05, 0.1) is 51.2 Å². The van der Waals surface area contributed by atoms with Gasteiger partial charge in [0.15, 0.2) is 0 Å². The van der Waals surface area contributed by atoms with E-state index in [2.05, 4.69) is 4.90 Å². The maximum Gasteiger partial charge on any atom is 0.325 e. The number of ether oxygens (including phenoxy) is 4. The minimum absolute atomic E-state index is 0.235. The maximum absolute atomic E-state index is 13.5. The quantitative estimate of drug-likeness (QED) is 0.484. The van der Waals surface area contributed by atoms with E-state index >= 15 is 0 Å². The van der Waals surface area contributed by atoms with Crippen molar-refractivity contribution in [3.05, 3.63) is 23.8 Å². The molecule has 0 N–H and O–H groups in total. The summed E-state index contributed by atoms with van der Waals surface area (Å²) in [6, 6.07) is 4.87. The third-order valence-corrected chi connectivity index (χ3v) is 7.60. The third kappa shape index (κ3) is 5.17. The number of fused-ring (bicyclic) bond motifs is 2. The van der Waals surface area contributed by atoms with Gasteiger partial charge in [-0.1, -0.05) is 13.8 Å². The minimum atomic E-state index is -3.63. The predicted octanol–water partition coefficient (Wildman–Crippen LogP) is 0.530. The summed E-state index contributed by atoms with van der Waals surface area (Å²) >= 11 is 0. The standard InChI is InChI=1S/C23H33N3O8S/c1-22(2)15-33-23(34-16-22)18-13-17(5-6-19(18)25(21(23)28)14-20(27)31-3)26(35(4,29)30)8-7-24-9-11-32-12-10-24/h5-6,13H,7-12,14-16H2,1-4H3. The molecule has 0 aromatic heterocycles. The molecule has 0 saturated carbocycles. The van der Waals surface area contributed by atoms with Gasteiger partial charge >= 0.3 is 5.97 Å². The molecule has 35 heavy (non-hydrogen) atoms. The van der Waals surface area contributed by atoms with Crippen molar-refractivity contribution >= 4 is 33.3 Å². The molecular formula is C23H33N3O8S. The van der Waals surface area contributed by atoms with Crippen molar-refractivity contribution in [2.75, 3.05) is 81.7 Å². The second-order valence-electron chi connectivity index (χ2n) is 9.82. The van der Waals surface area contributed by atoms with Gasteiger partial charge in [-0.3, -0.25) is 23.7 Å². The average Bonchev–Trinajstić information content (AvgIpc) is 3.03. The third-order valence-electron chi connectivity index (χ3n) is 6.41. The lowest BCUT2D eigenvalue weighted by molar-refractivity contribution is -0.286. The van der Waals surface area contributed by atoms with Crippen LogP contribution in [0.2, 0.25) is 0 Å². The van der Waals surface area contributed by atoms with E-state index in [1.54, 1.807) is 18.2 Å². The number of morpholine rings is 1. The highest BCUT2D eigenvalue weighted by molar-refractivity contribution is 7.92. The summed E-state index contributed by atoms with van der Waals surface area (Å²) in [7, 11) is -2.38. The number of hydrogen-bond acceptors (Lipinski definition) is 9. The van der Waals surface area contributed by atoms with Gasteiger partial charge in [0.2, 0.25) is 10.0 Å². The highest BCUT2D eigenvalue weighted by atomic mass is 32.2. The van der Waals surface area contributed by atoms with Gasteiger partial charge in [-0.25, -0.2) is 8.42 Å². The molecule has 2 fully saturated rings. The van der Waals surface area contributed by atoms with Crippen molar-refractivity contribution in [3.8, 4) is 0 Å². The number of anilines is 2. The molecule has 3 heterocycles. The fourth-order valence-electron chi connectivity index (χ4n) is 4.43. The summed E-state index contributed by atoms with van der Waals surface area (Å²) in [5.74, 6) is -2.88. The van der Waals surface area contributed by atoms with Gasteiger partial charge in [0.1, 0.15) is 6.54 Å². The fraction of sp³-hybridized carbons (Fsp3) is 0.652. The van der Waals surface area contributed by atoms with Gasteiger partial charge in [0, 0.05) is 37.2 Å². The smallest absolute Gasteiger partial charge is 0.325 e. The van der Waals surface area contributed by atoms with Crippen molar-refractivity contribution in [3.63, 3.8) is 0 Å². The lowest BCUT2D eigenvalue weighted by atomic mass is 9.93. The Morgan fingerprint density at radius 3 is 2.43 bits per heavy atom. The molecule has 1 aromatic carbocycles. The first-order chi connectivity index (χ1) is 16.5. The Balaban J connectivity index is 1.70. The largest absolute Gasteiger partial charge is 0.468 e. The minimum Gasteiger partial charge on any atom is -0.468 e. The number of esters is 1. The van der Waals surface area contributed by atoms with Crippen LogP contribution in [0.5, 0.6) is 0 Å². The first-order valence-electron chi connectivity index (χ1n) is 11.6. The van der Waals surface area contributed by atoms with Crippen LogP contribution in [-0.2, 0) is 44.3 Å². The van der Waals surface area contributed by atoms with Crippen LogP contribution < -0.4 is 9.21 Å². The van der Waals surface area contributed by atoms with Gasteiger partial charge in [-0.05, 0) is 18.2 Å². The van der Waals surface area contributed by atoms with Crippen LogP contribution in [0.1, 0.15) is 19.4 Å². The lowest BCUT2D eigenvalue weighted by Gasteiger charge is -2.40. The summed E-state index contributed by atoms with van der Waals surface area (Å²) in [5.41, 5.74) is 0.879. The van der Waals surface area contributed by atoms with E-state index in [0.29, 0.717) is 36.7 Å². The van der Waals surface area contributed by atoms with Crippen molar-refractivity contribution in [2.24, 2.45) is 5.41 Å². The van der Waals surface area contributed by atoms with Crippen LogP contribution in [-0.4, -0.2) is 97.7 Å². The molecule has 11 nitrogen and oxygen atoms in total. The number of carbonyl (C=O) groups excluding carboxylic acids is 2. The molecule has 0 radical (unpaired) electrons. The molecule has 2 saturated heterocycles. The summed E-state index contributed by atoms with van der Waals surface area (Å²) < 4.78 is 49.0. The topological polar surface area (TPSA) is 115 Å². The number of rotatable bonds is 7. The number of methoxy groups -OCH3 is 1. The number of hydrogen-bond donors (Lipinski definition) is 0. The number of carbonyl (C=O) groups is 2. The molecule has 0 atom stereocenters. The van der Waals surface area contributed by atoms with Crippen LogP contribution in [0, 0.1) is 5.41 Å². The number of sulfonamides is 1. The second kappa shape index (κ2) is 9.66. The van der Waals surface area contributed by atoms with E-state index in [1.807, 2.05) is 13.8 Å². The van der Waals surface area contributed by atoms with Crippen LogP contribution in [0.25, 0.3) is 0 Å². The monoisotopic (exact) mass is 511 g/mol. The Morgan fingerprint density at radius 2 is 1.83 bits per heavy atom. The number of benzene rings is 1. The molecule has 1 aromatic rings. The molecule has 0 bridgehead atoms. The van der Waals surface area contributed by atoms with Gasteiger partial charge in [-0.2, -0.15) is 0 Å². The van der Waals surface area contributed by atoms with E-state index in [0.717, 1.165) is 19.3 Å². The molecule has 12 heteroatoms. The molecular weight excluding hydrogens is 478 g/mol. The van der Waals surface area contributed by atoms with Gasteiger partial charge < -0.3 is 18.9 Å².